The Morgan fingerprint density at radius 1 is 1.17 bits per heavy atom. The van der Waals surface area contributed by atoms with E-state index in [-0.39, 0.29) is 17.5 Å². The van der Waals surface area contributed by atoms with Gasteiger partial charge in [0, 0.05) is 24.3 Å². The molecule has 3 N–H and O–H groups in total. The molecular formula is C17H17N5O2. The fraction of sp³-hybridized carbons (Fsp3) is 0.176. The van der Waals surface area contributed by atoms with Gasteiger partial charge in [-0.2, -0.15) is 5.10 Å². The Hall–Kier alpha value is -3.22. The summed E-state index contributed by atoms with van der Waals surface area (Å²) >= 11 is 0. The Labute approximate surface area is 138 Å². The number of pyridine rings is 1. The summed E-state index contributed by atoms with van der Waals surface area (Å²) < 4.78 is 0. The zero-order chi connectivity index (χ0) is 16.9. The quantitative estimate of drug-likeness (QED) is 0.660. The highest BCUT2D eigenvalue weighted by molar-refractivity contribution is 6.05. The van der Waals surface area contributed by atoms with Gasteiger partial charge in [-0.15, -0.1) is 0 Å². The summed E-state index contributed by atoms with van der Waals surface area (Å²) in [5.74, 6) is -0.654. The number of aromatic nitrogens is 3. The Balaban J connectivity index is 1.60. The minimum Gasteiger partial charge on any atom is -0.350 e. The monoisotopic (exact) mass is 323 g/mol. The highest BCUT2D eigenvalue weighted by atomic mass is 16.2. The first kappa shape index (κ1) is 15.7. The van der Waals surface area contributed by atoms with E-state index in [1.807, 2.05) is 36.4 Å². The lowest BCUT2D eigenvalue weighted by atomic mass is 10.2. The maximum Gasteiger partial charge on any atom is 0.273 e. The minimum absolute atomic E-state index is 0.264. The zero-order valence-corrected chi connectivity index (χ0v) is 13.1. The van der Waals surface area contributed by atoms with Crippen LogP contribution in [0.2, 0.25) is 0 Å². The van der Waals surface area contributed by atoms with E-state index in [1.165, 1.54) is 0 Å². The molecule has 0 fully saturated rings. The van der Waals surface area contributed by atoms with Crippen molar-refractivity contribution in [2.24, 2.45) is 0 Å². The Bertz CT molecular complexity index is 860. The molecule has 24 heavy (non-hydrogen) atoms. The number of carbonyl (C=O) groups is 2. The van der Waals surface area contributed by atoms with Crippen LogP contribution in [-0.4, -0.2) is 33.0 Å². The number of aromatic amines is 1. The summed E-state index contributed by atoms with van der Waals surface area (Å²) in [6.45, 7) is 2.02. The third-order valence-electron chi connectivity index (χ3n) is 3.64. The van der Waals surface area contributed by atoms with Crippen molar-refractivity contribution >= 4 is 22.7 Å². The zero-order valence-electron chi connectivity index (χ0n) is 13.1. The van der Waals surface area contributed by atoms with Crippen molar-refractivity contribution in [3.05, 3.63) is 60.0 Å². The standard InChI is InChI=1S/C17H17N5O2/c1-11(16(23)19-10-12-6-8-18-9-7-12)20-17(24)15-13-4-2-3-5-14(13)21-22-15/h2-9,11H,10H2,1H3,(H,19,23)(H,20,24)(H,21,22). The van der Waals surface area contributed by atoms with Crippen molar-refractivity contribution in [2.45, 2.75) is 19.5 Å². The van der Waals surface area contributed by atoms with E-state index in [0.717, 1.165) is 16.5 Å². The molecule has 2 amide bonds. The van der Waals surface area contributed by atoms with Crippen LogP contribution in [-0.2, 0) is 11.3 Å². The SMILES string of the molecule is CC(NC(=O)c1n[nH]c2ccccc12)C(=O)NCc1ccncc1. The van der Waals surface area contributed by atoms with Crippen molar-refractivity contribution in [3.8, 4) is 0 Å². The molecule has 3 aromatic rings. The first-order valence-corrected chi connectivity index (χ1v) is 7.56. The third-order valence-corrected chi connectivity index (χ3v) is 3.64. The molecule has 3 rings (SSSR count). The van der Waals surface area contributed by atoms with Gasteiger partial charge in [0.15, 0.2) is 5.69 Å². The minimum atomic E-state index is -0.671. The molecule has 0 saturated heterocycles. The van der Waals surface area contributed by atoms with E-state index in [0.29, 0.717) is 6.54 Å². The van der Waals surface area contributed by atoms with Crippen LogP contribution in [0.25, 0.3) is 10.9 Å². The number of benzene rings is 1. The lowest BCUT2D eigenvalue weighted by Crippen LogP contribution is -2.44. The van der Waals surface area contributed by atoms with Gasteiger partial charge in [-0.1, -0.05) is 18.2 Å². The van der Waals surface area contributed by atoms with Crippen LogP contribution in [0.5, 0.6) is 0 Å². The molecule has 0 bridgehead atoms. The van der Waals surface area contributed by atoms with Crippen LogP contribution in [0.4, 0.5) is 0 Å². The summed E-state index contributed by atoms with van der Waals surface area (Å²) in [5, 5.41) is 13.0. The first-order chi connectivity index (χ1) is 11.6. The number of nitrogens with zero attached hydrogens (tertiary/aromatic N) is 2. The highest BCUT2D eigenvalue weighted by Crippen LogP contribution is 2.14. The number of amides is 2. The Morgan fingerprint density at radius 2 is 1.92 bits per heavy atom. The molecule has 1 atom stereocenters. The lowest BCUT2D eigenvalue weighted by Gasteiger charge is -2.13. The van der Waals surface area contributed by atoms with Crippen molar-refractivity contribution < 1.29 is 9.59 Å². The maximum atomic E-state index is 12.3. The number of rotatable bonds is 5. The molecule has 7 heteroatoms. The molecule has 0 spiro atoms. The summed E-state index contributed by atoms with van der Waals surface area (Å²) in [5.41, 5.74) is 1.99. The molecule has 1 aromatic carbocycles. The van der Waals surface area contributed by atoms with Gasteiger partial charge in [0.05, 0.1) is 5.52 Å². The number of nitrogens with one attached hydrogen (secondary N) is 3. The molecule has 122 valence electrons. The molecule has 7 nitrogen and oxygen atoms in total. The van der Waals surface area contributed by atoms with Crippen molar-refractivity contribution in [2.75, 3.05) is 0 Å². The number of carbonyl (C=O) groups excluding carboxylic acids is 2. The van der Waals surface area contributed by atoms with E-state index in [2.05, 4.69) is 25.8 Å². The van der Waals surface area contributed by atoms with Gasteiger partial charge in [0.25, 0.3) is 5.91 Å². The van der Waals surface area contributed by atoms with Crippen LogP contribution < -0.4 is 10.6 Å². The average molecular weight is 323 g/mol. The molecule has 0 saturated carbocycles. The number of fused-ring (bicyclic) bond motifs is 1. The predicted octanol–water partition coefficient (Wildman–Crippen LogP) is 1.39. The summed E-state index contributed by atoms with van der Waals surface area (Å²) in [6.07, 6.45) is 3.32. The number of H-pyrrole nitrogens is 1. The number of hydrogen-bond acceptors (Lipinski definition) is 4. The second-order valence-electron chi connectivity index (χ2n) is 5.39. The van der Waals surface area contributed by atoms with Crippen molar-refractivity contribution in [1.29, 1.82) is 0 Å². The number of hydrogen-bond donors (Lipinski definition) is 3. The van der Waals surface area contributed by atoms with E-state index < -0.39 is 6.04 Å². The van der Waals surface area contributed by atoms with Crippen LogP contribution >= 0.6 is 0 Å². The van der Waals surface area contributed by atoms with E-state index in [4.69, 9.17) is 0 Å². The summed E-state index contributed by atoms with van der Waals surface area (Å²) in [6, 6.07) is 10.3. The number of para-hydroxylation sites is 1. The first-order valence-electron chi connectivity index (χ1n) is 7.56. The summed E-state index contributed by atoms with van der Waals surface area (Å²) in [4.78, 5) is 28.4. The lowest BCUT2D eigenvalue weighted by molar-refractivity contribution is -0.122. The van der Waals surface area contributed by atoms with Gasteiger partial charge in [-0.3, -0.25) is 19.7 Å². The molecule has 0 aliphatic heterocycles. The van der Waals surface area contributed by atoms with Gasteiger partial charge in [0.2, 0.25) is 5.91 Å². The van der Waals surface area contributed by atoms with Gasteiger partial charge in [0.1, 0.15) is 6.04 Å². The topological polar surface area (TPSA) is 99.8 Å². The van der Waals surface area contributed by atoms with Crippen LogP contribution in [0.3, 0.4) is 0 Å². The largest absolute Gasteiger partial charge is 0.350 e. The second-order valence-corrected chi connectivity index (χ2v) is 5.39. The Morgan fingerprint density at radius 3 is 2.71 bits per heavy atom. The van der Waals surface area contributed by atoms with Crippen molar-refractivity contribution in [1.82, 2.24) is 25.8 Å². The third kappa shape index (κ3) is 3.40. The summed E-state index contributed by atoms with van der Waals surface area (Å²) in [7, 11) is 0. The van der Waals surface area contributed by atoms with Crippen molar-refractivity contribution in [3.63, 3.8) is 0 Å². The van der Waals surface area contributed by atoms with E-state index in [1.54, 1.807) is 19.3 Å². The molecule has 2 heterocycles. The molecule has 0 radical (unpaired) electrons. The molecule has 1 unspecified atom stereocenters. The van der Waals surface area contributed by atoms with Crippen LogP contribution in [0.15, 0.2) is 48.8 Å². The van der Waals surface area contributed by atoms with Gasteiger partial charge >= 0.3 is 0 Å². The smallest absolute Gasteiger partial charge is 0.273 e. The van der Waals surface area contributed by atoms with Crippen LogP contribution in [0.1, 0.15) is 23.0 Å². The maximum absolute atomic E-state index is 12.3. The second kappa shape index (κ2) is 6.91. The fourth-order valence-corrected chi connectivity index (χ4v) is 2.31. The molecule has 0 aliphatic carbocycles. The van der Waals surface area contributed by atoms with Crippen LogP contribution in [0, 0.1) is 0 Å². The van der Waals surface area contributed by atoms with Gasteiger partial charge < -0.3 is 10.6 Å². The predicted molar refractivity (Wildman–Crippen MR) is 89.1 cm³/mol. The Kier molecular flexibility index (Phi) is 4.51. The van der Waals surface area contributed by atoms with Gasteiger partial charge in [-0.25, -0.2) is 0 Å². The normalized spacial score (nSPS) is 11.9. The van der Waals surface area contributed by atoms with E-state index >= 15 is 0 Å². The van der Waals surface area contributed by atoms with Gasteiger partial charge in [-0.05, 0) is 30.7 Å². The van der Waals surface area contributed by atoms with E-state index in [9.17, 15) is 9.59 Å². The average Bonchev–Trinajstić information content (AvgIpc) is 3.04. The molecule has 0 aliphatic rings. The fourth-order valence-electron chi connectivity index (χ4n) is 2.31. The molecular weight excluding hydrogens is 306 g/mol. The highest BCUT2D eigenvalue weighted by Gasteiger charge is 2.19. The molecule has 2 aromatic heterocycles.